The summed E-state index contributed by atoms with van der Waals surface area (Å²) < 4.78 is 4.88. The standard InChI is InChI=1S/C12H18N2O2/c1-12(2,3)8-7-10(15)9-5-6-11(16-4)14-13-9/h5-6H,7-8H2,1-4H3. The van der Waals surface area contributed by atoms with Crippen molar-refractivity contribution in [1.29, 1.82) is 0 Å². The number of rotatable bonds is 4. The fourth-order valence-electron chi connectivity index (χ4n) is 1.19. The van der Waals surface area contributed by atoms with Crippen LogP contribution in [0.4, 0.5) is 0 Å². The van der Waals surface area contributed by atoms with Gasteiger partial charge in [-0.3, -0.25) is 4.79 Å². The van der Waals surface area contributed by atoms with E-state index in [4.69, 9.17) is 4.74 Å². The summed E-state index contributed by atoms with van der Waals surface area (Å²) in [6.07, 6.45) is 1.35. The molecule has 1 aromatic rings. The molecule has 0 bridgehead atoms. The van der Waals surface area contributed by atoms with E-state index < -0.39 is 0 Å². The number of hydrogen-bond acceptors (Lipinski definition) is 4. The van der Waals surface area contributed by atoms with Gasteiger partial charge in [0, 0.05) is 12.5 Å². The Bertz CT molecular complexity index is 352. The SMILES string of the molecule is COc1ccc(C(=O)CCC(C)(C)C)nn1. The van der Waals surface area contributed by atoms with Gasteiger partial charge in [-0.05, 0) is 17.9 Å². The summed E-state index contributed by atoms with van der Waals surface area (Å²) in [4.78, 5) is 11.7. The Kier molecular flexibility index (Phi) is 3.99. The molecule has 0 atom stereocenters. The van der Waals surface area contributed by atoms with E-state index in [1.807, 2.05) is 0 Å². The van der Waals surface area contributed by atoms with Crippen molar-refractivity contribution in [2.75, 3.05) is 7.11 Å². The average molecular weight is 222 g/mol. The summed E-state index contributed by atoms with van der Waals surface area (Å²) in [5.74, 6) is 0.456. The number of nitrogens with zero attached hydrogens (tertiary/aromatic N) is 2. The van der Waals surface area contributed by atoms with Crippen molar-refractivity contribution in [3.63, 3.8) is 0 Å². The molecule has 4 heteroatoms. The van der Waals surface area contributed by atoms with Gasteiger partial charge in [0.05, 0.1) is 7.11 Å². The predicted octanol–water partition coefficient (Wildman–Crippen LogP) is 2.49. The molecule has 0 unspecified atom stereocenters. The molecule has 16 heavy (non-hydrogen) atoms. The lowest BCUT2D eigenvalue weighted by molar-refractivity contribution is 0.0960. The summed E-state index contributed by atoms with van der Waals surface area (Å²) in [6.45, 7) is 6.33. The molecular formula is C12H18N2O2. The third kappa shape index (κ3) is 3.96. The van der Waals surface area contributed by atoms with Crippen LogP contribution in [0.1, 0.15) is 44.1 Å². The van der Waals surface area contributed by atoms with Crippen LogP contribution in [0.2, 0.25) is 0 Å². The molecule has 0 saturated heterocycles. The lowest BCUT2D eigenvalue weighted by Gasteiger charge is -2.16. The highest BCUT2D eigenvalue weighted by molar-refractivity contribution is 5.94. The Morgan fingerprint density at radius 2 is 2.00 bits per heavy atom. The first-order chi connectivity index (χ1) is 7.42. The topological polar surface area (TPSA) is 52.1 Å². The van der Waals surface area contributed by atoms with E-state index in [0.717, 1.165) is 6.42 Å². The summed E-state index contributed by atoms with van der Waals surface area (Å²) in [5.41, 5.74) is 0.570. The minimum Gasteiger partial charge on any atom is -0.480 e. The number of methoxy groups -OCH3 is 1. The highest BCUT2D eigenvalue weighted by Crippen LogP contribution is 2.21. The molecule has 0 spiro atoms. The quantitative estimate of drug-likeness (QED) is 0.734. The van der Waals surface area contributed by atoms with Crippen molar-refractivity contribution in [2.24, 2.45) is 5.41 Å². The van der Waals surface area contributed by atoms with E-state index in [-0.39, 0.29) is 11.2 Å². The van der Waals surface area contributed by atoms with Gasteiger partial charge in [-0.15, -0.1) is 10.2 Å². The van der Waals surface area contributed by atoms with E-state index in [9.17, 15) is 4.79 Å². The van der Waals surface area contributed by atoms with Crippen LogP contribution in [0.5, 0.6) is 5.88 Å². The normalized spacial score (nSPS) is 11.2. The zero-order chi connectivity index (χ0) is 12.2. The first kappa shape index (κ1) is 12.6. The van der Waals surface area contributed by atoms with E-state index in [1.54, 1.807) is 12.1 Å². The van der Waals surface area contributed by atoms with Gasteiger partial charge >= 0.3 is 0 Å². The third-order valence-electron chi connectivity index (χ3n) is 2.24. The lowest BCUT2D eigenvalue weighted by Crippen LogP contribution is -2.10. The molecule has 88 valence electrons. The Morgan fingerprint density at radius 3 is 2.44 bits per heavy atom. The molecule has 0 aliphatic rings. The van der Waals surface area contributed by atoms with Crippen LogP contribution in [-0.2, 0) is 0 Å². The summed E-state index contributed by atoms with van der Waals surface area (Å²) in [6, 6.07) is 3.30. The number of Topliss-reactive ketones (excluding diaryl/α,β-unsaturated/α-hetero) is 1. The molecule has 0 fully saturated rings. The molecule has 0 saturated carbocycles. The molecule has 0 radical (unpaired) electrons. The molecule has 4 nitrogen and oxygen atoms in total. The van der Waals surface area contributed by atoms with Crippen LogP contribution in [-0.4, -0.2) is 23.1 Å². The molecule has 0 aliphatic carbocycles. The van der Waals surface area contributed by atoms with Gasteiger partial charge in [0.25, 0.3) is 0 Å². The van der Waals surface area contributed by atoms with Crippen LogP contribution >= 0.6 is 0 Å². The highest BCUT2D eigenvalue weighted by atomic mass is 16.5. The lowest BCUT2D eigenvalue weighted by atomic mass is 9.89. The van der Waals surface area contributed by atoms with Crippen molar-refractivity contribution in [2.45, 2.75) is 33.6 Å². The largest absolute Gasteiger partial charge is 0.480 e. The van der Waals surface area contributed by atoms with Crippen molar-refractivity contribution < 1.29 is 9.53 Å². The van der Waals surface area contributed by atoms with Crippen LogP contribution in [0.25, 0.3) is 0 Å². The van der Waals surface area contributed by atoms with Crippen molar-refractivity contribution in [3.05, 3.63) is 17.8 Å². The fraction of sp³-hybridized carbons (Fsp3) is 0.583. The number of ether oxygens (including phenoxy) is 1. The second-order valence-electron chi connectivity index (χ2n) is 4.94. The van der Waals surface area contributed by atoms with E-state index >= 15 is 0 Å². The summed E-state index contributed by atoms with van der Waals surface area (Å²) in [7, 11) is 1.52. The van der Waals surface area contributed by atoms with Crippen LogP contribution < -0.4 is 4.74 Å². The van der Waals surface area contributed by atoms with Crippen LogP contribution in [0.15, 0.2) is 12.1 Å². The fourth-order valence-corrected chi connectivity index (χ4v) is 1.19. The first-order valence-electron chi connectivity index (χ1n) is 5.33. The van der Waals surface area contributed by atoms with Gasteiger partial charge in [-0.2, -0.15) is 0 Å². The van der Waals surface area contributed by atoms with Crippen molar-refractivity contribution in [1.82, 2.24) is 10.2 Å². The zero-order valence-electron chi connectivity index (χ0n) is 10.3. The molecule has 0 aliphatic heterocycles. The van der Waals surface area contributed by atoms with E-state index in [0.29, 0.717) is 18.0 Å². The molecule has 1 aromatic heterocycles. The number of hydrogen-bond donors (Lipinski definition) is 0. The van der Waals surface area contributed by atoms with Gasteiger partial charge < -0.3 is 4.74 Å². The predicted molar refractivity (Wildman–Crippen MR) is 61.6 cm³/mol. The number of carbonyl (C=O) groups is 1. The molecule has 0 amide bonds. The Hall–Kier alpha value is -1.45. The Morgan fingerprint density at radius 1 is 1.31 bits per heavy atom. The molecular weight excluding hydrogens is 204 g/mol. The van der Waals surface area contributed by atoms with E-state index in [1.165, 1.54) is 7.11 Å². The Balaban J connectivity index is 2.59. The smallest absolute Gasteiger partial charge is 0.233 e. The summed E-state index contributed by atoms with van der Waals surface area (Å²) in [5, 5.41) is 7.60. The molecule has 0 aromatic carbocycles. The monoisotopic (exact) mass is 222 g/mol. The van der Waals surface area contributed by atoms with E-state index in [2.05, 4.69) is 31.0 Å². The maximum absolute atomic E-state index is 11.7. The second kappa shape index (κ2) is 5.05. The molecule has 1 heterocycles. The van der Waals surface area contributed by atoms with Gasteiger partial charge in [0.1, 0.15) is 5.69 Å². The zero-order valence-corrected chi connectivity index (χ0v) is 10.3. The first-order valence-corrected chi connectivity index (χ1v) is 5.33. The molecule has 1 rings (SSSR count). The van der Waals surface area contributed by atoms with Gasteiger partial charge in [0.15, 0.2) is 5.78 Å². The third-order valence-corrected chi connectivity index (χ3v) is 2.24. The highest BCUT2D eigenvalue weighted by Gasteiger charge is 2.15. The van der Waals surface area contributed by atoms with Gasteiger partial charge in [-0.1, -0.05) is 20.8 Å². The van der Waals surface area contributed by atoms with Crippen LogP contribution in [0, 0.1) is 5.41 Å². The van der Waals surface area contributed by atoms with Gasteiger partial charge in [0.2, 0.25) is 5.88 Å². The van der Waals surface area contributed by atoms with Crippen molar-refractivity contribution >= 4 is 5.78 Å². The number of aromatic nitrogens is 2. The Labute approximate surface area is 96.0 Å². The minimum atomic E-state index is 0.0325. The van der Waals surface area contributed by atoms with Crippen molar-refractivity contribution in [3.8, 4) is 5.88 Å². The molecule has 0 N–H and O–H groups in total. The maximum Gasteiger partial charge on any atom is 0.233 e. The average Bonchev–Trinajstić information content (AvgIpc) is 2.25. The minimum absolute atomic E-state index is 0.0325. The summed E-state index contributed by atoms with van der Waals surface area (Å²) >= 11 is 0. The van der Waals surface area contributed by atoms with Gasteiger partial charge in [-0.25, -0.2) is 0 Å². The maximum atomic E-state index is 11.7. The number of carbonyl (C=O) groups excluding carboxylic acids is 1. The van der Waals surface area contributed by atoms with Crippen LogP contribution in [0.3, 0.4) is 0 Å². The number of ketones is 1. The second-order valence-corrected chi connectivity index (χ2v) is 4.94.